The molecule has 1 aliphatic rings. The van der Waals surface area contributed by atoms with Crippen LogP contribution in [-0.4, -0.2) is 66.4 Å². The second kappa shape index (κ2) is 9.33. The van der Waals surface area contributed by atoms with Crippen molar-refractivity contribution in [3.8, 4) is 23.1 Å². The molecule has 0 radical (unpaired) electrons. The summed E-state index contributed by atoms with van der Waals surface area (Å²) < 4.78 is 23.1. The summed E-state index contributed by atoms with van der Waals surface area (Å²) in [5, 5.41) is 1.79. The molecule has 164 valence electrons. The Bertz CT molecular complexity index is 1230. The van der Waals surface area contributed by atoms with Gasteiger partial charge in [0.1, 0.15) is 18.7 Å². The number of methoxy groups -OCH3 is 1. The highest BCUT2D eigenvalue weighted by molar-refractivity contribution is 5.87. The predicted octanol–water partition coefficient (Wildman–Crippen LogP) is 3.69. The average Bonchev–Trinajstić information content (AvgIpc) is 2.84. The zero-order valence-electron chi connectivity index (χ0n) is 17.9. The van der Waals surface area contributed by atoms with Crippen LogP contribution in [0.1, 0.15) is 0 Å². The van der Waals surface area contributed by atoms with Crippen molar-refractivity contribution in [3.05, 3.63) is 55.0 Å². The molecule has 0 unspecified atom stereocenters. The molecule has 32 heavy (non-hydrogen) atoms. The molecule has 0 spiro atoms. The van der Waals surface area contributed by atoms with Gasteiger partial charge in [-0.25, -0.2) is 9.97 Å². The van der Waals surface area contributed by atoms with Gasteiger partial charge in [-0.3, -0.25) is 9.88 Å². The van der Waals surface area contributed by atoms with Crippen LogP contribution in [0.25, 0.3) is 21.8 Å². The Morgan fingerprint density at radius 3 is 2.75 bits per heavy atom. The summed E-state index contributed by atoms with van der Waals surface area (Å²) in [5.74, 6) is 2.36. The molecule has 0 saturated carbocycles. The standard InChI is InChI=1S/C24H24N4O4/c1-29-22-14-19-21(15-23(22)31-12-9-28-7-10-30-11-8-28)26-16-27-24(19)32-18-5-4-17-3-2-6-25-20(17)13-18/h2-6,13-16H,7-12H2,1H3. The van der Waals surface area contributed by atoms with Crippen molar-refractivity contribution in [2.75, 3.05) is 46.6 Å². The van der Waals surface area contributed by atoms with Gasteiger partial charge in [-0.1, -0.05) is 6.07 Å². The summed E-state index contributed by atoms with van der Waals surface area (Å²) in [6.45, 7) is 4.78. The molecule has 0 amide bonds. The Labute approximate surface area is 185 Å². The Kier molecular flexibility index (Phi) is 5.96. The zero-order valence-corrected chi connectivity index (χ0v) is 17.9. The maximum Gasteiger partial charge on any atom is 0.230 e. The van der Waals surface area contributed by atoms with Crippen LogP contribution in [0.15, 0.2) is 55.0 Å². The number of ether oxygens (including phenoxy) is 4. The van der Waals surface area contributed by atoms with Gasteiger partial charge in [-0.05, 0) is 24.3 Å². The smallest absolute Gasteiger partial charge is 0.230 e. The number of hydrogen-bond donors (Lipinski definition) is 0. The van der Waals surface area contributed by atoms with Crippen LogP contribution in [-0.2, 0) is 4.74 Å². The van der Waals surface area contributed by atoms with Gasteiger partial charge in [0.25, 0.3) is 0 Å². The lowest BCUT2D eigenvalue weighted by molar-refractivity contribution is 0.0321. The van der Waals surface area contributed by atoms with Crippen LogP contribution in [0.3, 0.4) is 0 Å². The molecule has 0 atom stereocenters. The first-order valence-corrected chi connectivity index (χ1v) is 10.6. The monoisotopic (exact) mass is 432 g/mol. The van der Waals surface area contributed by atoms with Crippen LogP contribution in [0.5, 0.6) is 23.1 Å². The predicted molar refractivity (Wildman–Crippen MR) is 121 cm³/mol. The van der Waals surface area contributed by atoms with Gasteiger partial charge >= 0.3 is 0 Å². The highest BCUT2D eigenvalue weighted by Crippen LogP contribution is 2.36. The van der Waals surface area contributed by atoms with Gasteiger partial charge in [-0.2, -0.15) is 0 Å². The Morgan fingerprint density at radius 1 is 0.969 bits per heavy atom. The zero-order chi connectivity index (χ0) is 21.8. The van der Waals surface area contributed by atoms with E-state index in [2.05, 4.69) is 19.9 Å². The average molecular weight is 432 g/mol. The lowest BCUT2D eigenvalue weighted by Crippen LogP contribution is -2.38. The summed E-state index contributed by atoms with van der Waals surface area (Å²) in [6, 6.07) is 13.4. The van der Waals surface area contributed by atoms with Crippen molar-refractivity contribution in [1.29, 1.82) is 0 Å². The molecule has 3 heterocycles. The highest BCUT2D eigenvalue weighted by Gasteiger charge is 2.15. The number of benzene rings is 2. The molecule has 4 aromatic rings. The normalized spacial score (nSPS) is 14.5. The van der Waals surface area contributed by atoms with Crippen molar-refractivity contribution < 1.29 is 18.9 Å². The Balaban J connectivity index is 1.38. The van der Waals surface area contributed by atoms with Crippen LogP contribution in [0.4, 0.5) is 0 Å². The summed E-state index contributed by atoms with van der Waals surface area (Å²) in [5.41, 5.74) is 1.58. The fourth-order valence-corrected chi connectivity index (χ4v) is 3.72. The Morgan fingerprint density at radius 2 is 1.88 bits per heavy atom. The van der Waals surface area contributed by atoms with E-state index in [9.17, 15) is 0 Å². The molecule has 0 N–H and O–H groups in total. The van der Waals surface area contributed by atoms with E-state index in [4.69, 9.17) is 18.9 Å². The summed E-state index contributed by atoms with van der Waals surface area (Å²) >= 11 is 0. The van der Waals surface area contributed by atoms with E-state index in [0.29, 0.717) is 29.7 Å². The molecule has 8 heteroatoms. The van der Waals surface area contributed by atoms with Crippen molar-refractivity contribution in [1.82, 2.24) is 19.9 Å². The molecular weight excluding hydrogens is 408 g/mol. The number of pyridine rings is 1. The quantitative estimate of drug-likeness (QED) is 0.438. The molecule has 5 rings (SSSR count). The third kappa shape index (κ3) is 4.42. The summed E-state index contributed by atoms with van der Waals surface area (Å²) in [4.78, 5) is 15.5. The lowest BCUT2D eigenvalue weighted by atomic mass is 10.2. The molecule has 1 aliphatic heterocycles. The maximum absolute atomic E-state index is 6.09. The van der Waals surface area contributed by atoms with E-state index in [1.165, 1.54) is 6.33 Å². The van der Waals surface area contributed by atoms with Gasteiger partial charge in [0.05, 0.1) is 36.7 Å². The number of rotatable bonds is 7. The first kappa shape index (κ1) is 20.4. The van der Waals surface area contributed by atoms with E-state index in [-0.39, 0.29) is 0 Å². The van der Waals surface area contributed by atoms with Crippen molar-refractivity contribution in [2.45, 2.75) is 0 Å². The highest BCUT2D eigenvalue weighted by atomic mass is 16.5. The second-order valence-corrected chi connectivity index (χ2v) is 7.46. The Hall–Kier alpha value is -3.49. The van der Waals surface area contributed by atoms with Gasteiger partial charge in [-0.15, -0.1) is 0 Å². The van der Waals surface area contributed by atoms with Gasteiger partial charge in [0.2, 0.25) is 5.88 Å². The first-order chi connectivity index (χ1) is 15.8. The number of nitrogens with zero attached hydrogens (tertiary/aromatic N) is 4. The van der Waals surface area contributed by atoms with Gasteiger partial charge in [0, 0.05) is 43.4 Å². The maximum atomic E-state index is 6.09. The number of aromatic nitrogens is 3. The number of morpholine rings is 1. The van der Waals surface area contributed by atoms with Crippen molar-refractivity contribution >= 4 is 21.8 Å². The van der Waals surface area contributed by atoms with Crippen LogP contribution in [0, 0.1) is 0 Å². The van der Waals surface area contributed by atoms with Crippen LogP contribution in [0.2, 0.25) is 0 Å². The fourth-order valence-electron chi connectivity index (χ4n) is 3.72. The minimum absolute atomic E-state index is 0.448. The third-order valence-electron chi connectivity index (χ3n) is 5.44. The topological polar surface area (TPSA) is 78.8 Å². The van der Waals surface area contributed by atoms with E-state index in [1.54, 1.807) is 13.3 Å². The third-order valence-corrected chi connectivity index (χ3v) is 5.44. The van der Waals surface area contributed by atoms with E-state index >= 15 is 0 Å². The van der Waals surface area contributed by atoms with Crippen LogP contribution < -0.4 is 14.2 Å². The molecule has 2 aromatic carbocycles. The van der Waals surface area contributed by atoms with E-state index in [0.717, 1.165) is 54.7 Å². The molecule has 1 fully saturated rings. The summed E-state index contributed by atoms with van der Waals surface area (Å²) in [6.07, 6.45) is 3.25. The van der Waals surface area contributed by atoms with E-state index in [1.807, 2.05) is 42.5 Å². The van der Waals surface area contributed by atoms with Gasteiger partial charge < -0.3 is 18.9 Å². The molecular formula is C24H24N4O4. The largest absolute Gasteiger partial charge is 0.493 e. The second-order valence-electron chi connectivity index (χ2n) is 7.46. The van der Waals surface area contributed by atoms with Crippen molar-refractivity contribution in [3.63, 3.8) is 0 Å². The SMILES string of the molecule is COc1cc2c(Oc3ccc4cccnc4c3)ncnc2cc1OCCN1CCOCC1. The van der Waals surface area contributed by atoms with Crippen LogP contribution >= 0.6 is 0 Å². The molecule has 8 nitrogen and oxygen atoms in total. The van der Waals surface area contributed by atoms with E-state index < -0.39 is 0 Å². The molecule has 0 aliphatic carbocycles. The van der Waals surface area contributed by atoms with Crippen molar-refractivity contribution in [2.24, 2.45) is 0 Å². The molecule has 0 bridgehead atoms. The molecule has 1 saturated heterocycles. The fraction of sp³-hybridized carbons (Fsp3) is 0.292. The summed E-state index contributed by atoms with van der Waals surface area (Å²) in [7, 11) is 1.62. The number of hydrogen-bond acceptors (Lipinski definition) is 8. The van der Waals surface area contributed by atoms with Gasteiger partial charge in [0.15, 0.2) is 11.5 Å². The molecule has 2 aromatic heterocycles. The minimum Gasteiger partial charge on any atom is -0.493 e. The minimum atomic E-state index is 0.448. The first-order valence-electron chi connectivity index (χ1n) is 10.6. The number of fused-ring (bicyclic) bond motifs is 2. The lowest BCUT2D eigenvalue weighted by Gasteiger charge is -2.26.